The number of carbonyl (C=O) groups is 1. The average Bonchev–Trinajstić information content (AvgIpc) is 3.54. The van der Waals surface area contributed by atoms with Crippen LogP contribution >= 0.6 is 0 Å². The van der Waals surface area contributed by atoms with Gasteiger partial charge in [0, 0.05) is 37.8 Å². The molecule has 0 bridgehead atoms. The first-order valence-corrected chi connectivity index (χ1v) is 9.69. The molecule has 2 fully saturated rings. The topological polar surface area (TPSA) is 49.6 Å². The Morgan fingerprint density at radius 3 is 2.21 bits per heavy atom. The Balaban J connectivity index is 0.000000178. The zero-order chi connectivity index (χ0) is 20.1. The third-order valence-corrected chi connectivity index (χ3v) is 5.23. The zero-order valence-electron chi connectivity index (χ0n) is 16.2. The first kappa shape index (κ1) is 20.4. The molecule has 0 unspecified atom stereocenters. The molecule has 28 heavy (non-hydrogen) atoms. The molecular formula is C22H27F2N3O. The summed E-state index contributed by atoms with van der Waals surface area (Å²) in [6, 6.07) is 11.6. The SMILES string of the molecule is CN1CCN(C(=O)CN)CC1.Fc1ccc(-c2ccc(C3CC3)cc2)c(F)c1. The van der Waals surface area contributed by atoms with E-state index in [1.807, 2.05) is 29.2 Å². The fraction of sp³-hybridized carbons (Fsp3) is 0.409. The summed E-state index contributed by atoms with van der Waals surface area (Å²) in [7, 11) is 2.06. The molecule has 1 amide bonds. The number of likely N-dealkylation sites (N-methyl/N-ethyl adjacent to an activating group) is 1. The first-order valence-electron chi connectivity index (χ1n) is 9.69. The molecule has 0 radical (unpaired) electrons. The molecule has 1 heterocycles. The summed E-state index contributed by atoms with van der Waals surface area (Å²) in [5, 5.41) is 0. The normalized spacial score (nSPS) is 17.1. The molecule has 0 aromatic heterocycles. The number of halogens is 2. The van der Waals surface area contributed by atoms with Crippen LogP contribution in [-0.2, 0) is 4.79 Å². The second-order valence-electron chi connectivity index (χ2n) is 7.41. The van der Waals surface area contributed by atoms with Gasteiger partial charge in [0.2, 0.25) is 5.91 Å². The van der Waals surface area contributed by atoms with Crippen molar-refractivity contribution < 1.29 is 13.6 Å². The lowest BCUT2D eigenvalue weighted by Crippen LogP contribution is -2.48. The molecular weight excluding hydrogens is 360 g/mol. The van der Waals surface area contributed by atoms with E-state index in [0.717, 1.165) is 37.8 Å². The lowest BCUT2D eigenvalue weighted by atomic mass is 10.0. The van der Waals surface area contributed by atoms with Crippen molar-refractivity contribution in [1.82, 2.24) is 9.80 Å². The molecule has 4 nitrogen and oxygen atoms in total. The number of piperazine rings is 1. The van der Waals surface area contributed by atoms with Crippen LogP contribution < -0.4 is 5.73 Å². The highest BCUT2D eigenvalue weighted by atomic mass is 19.1. The molecule has 0 spiro atoms. The quantitative estimate of drug-likeness (QED) is 0.880. The minimum atomic E-state index is -0.541. The number of nitrogens with two attached hydrogens (primary N) is 1. The zero-order valence-corrected chi connectivity index (χ0v) is 16.2. The average molecular weight is 387 g/mol. The van der Waals surface area contributed by atoms with E-state index in [9.17, 15) is 13.6 Å². The van der Waals surface area contributed by atoms with Crippen LogP contribution in [0.15, 0.2) is 42.5 Å². The van der Waals surface area contributed by atoms with Gasteiger partial charge in [0.15, 0.2) is 0 Å². The Morgan fingerprint density at radius 1 is 1.04 bits per heavy atom. The van der Waals surface area contributed by atoms with Crippen LogP contribution in [0.3, 0.4) is 0 Å². The molecule has 1 aliphatic heterocycles. The van der Waals surface area contributed by atoms with Gasteiger partial charge in [-0.2, -0.15) is 0 Å². The van der Waals surface area contributed by atoms with Gasteiger partial charge >= 0.3 is 0 Å². The largest absolute Gasteiger partial charge is 0.339 e. The molecule has 6 heteroatoms. The van der Waals surface area contributed by atoms with Gasteiger partial charge in [-0.1, -0.05) is 24.3 Å². The highest BCUT2D eigenvalue weighted by Crippen LogP contribution is 2.40. The number of rotatable bonds is 3. The molecule has 2 aliphatic rings. The smallest absolute Gasteiger partial charge is 0.236 e. The van der Waals surface area contributed by atoms with Crippen molar-refractivity contribution in [2.24, 2.45) is 5.73 Å². The van der Waals surface area contributed by atoms with Gasteiger partial charge in [-0.3, -0.25) is 4.79 Å². The monoisotopic (exact) mass is 387 g/mol. The highest BCUT2D eigenvalue weighted by Gasteiger charge is 2.23. The third-order valence-electron chi connectivity index (χ3n) is 5.23. The Hall–Kier alpha value is -2.31. The third kappa shape index (κ3) is 5.36. The van der Waals surface area contributed by atoms with E-state index in [2.05, 4.69) is 11.9 Å². The molecule has 0 atom stereocenters. The predicted octanol–water partition coefficient (Wildman–Crippen LogP) is 3.23. The van der Waals surface area contributed by atoms with Crippen molar-refractivity contribution in [2.75, 3.05) is 39.8 Å². The van der Waals surface area contributed by atoms with Crippen LogP contribution in [0.1, 0.15) is 24.3 Å². The minimum Gasteiger partial charge on any atom is -0.339 e. The van der Waals surface area contributed by atoms with Crippen molar-refractivity contribution in [1.29, 1.82) is 0 Å². The molecule has 4 rings (SSSR count). The fourth-order valence-electron chi connectivity index (χ4n) is 3.26. The summed E-state index contributed by atoms with van der Waals surface area (Å²) in [5.41, 5.74) is 7.80. The van der Waals surface area contributed by atoms with Crippen LogP contribution in [-0.4, -0.2) is 55.5 Å². The predicted molar refractivity (Wildman–Crippen MR) is 107 cm³/mol. The number of hydrogen-bond donors (Lipinski definition) is 1. The molecule has 2 aromatic carbocycles. The molecule has 1 saturated carbocycles. The van der Waals surface area contributed by atoms with Gasteiger partial charge in [-0.05, 0) is 49.1 Å². The van der Waals surface area contributed by atoms with E-state index in [4.69, 9.17) is 5.73 Å². The Morgan fingerprint density at radius 2 is 1.68 bits per heavy atom. The van der Waals surface area contributed by atoms with Crippen LogP contribution in [0.2, 0.25) is 0 Å². The maximum absolute atomic E-state index is 13.6. The fourth-order valence-corrected chi connectivity index (χ4v) is 3.26. The van der Waals surface area contributed by atoms with Gasteiger partial charge < -0.3 is 15.5 Å². The Kier molecular flexibility index (Phi) is 6.75. The summed E-state index contributed by atoms with van der Waals surface area (Å²) < 4.78 is 26.4. The molecule has 1 saturated heterocycles. The van der Waals surface area contributed by atoms with Gasteiger partial charge in [0.25, 0.3) is 0 Å². The minimum absolute atomic E-state index is 0.0677. The summed E-state index contributed by atoms with van der Waals surface area (Å²) in [4.78, 5) is 15.1. The van der Waals surface area contributed by atoms with E-state index >= 15 is 0 Å². The van der Waals surface area contributed by atoms with Crippen molar-refractivity contribution in [3.63, 3.8) is 0 Å². The second-order valence-corrected chi connectivity index (χ2v) is 7.41. The summed E-state index contributed by atoms with van der Waals surface area (Å²) in [5.74, 6) is -0.287. The van der Waals surface area contributed by atoms with Crippen molar-refractivity contribution in [2.45, 2.75) is 18.8 Å². The van der Waals surface area contributed by atoms with Gasteiger partial charge in [0.1, 0.15) is 11.6 Å². The van der Waals surface area contributed by atoms with Crippen molar-refractivity contribution >= 4 is 5.91 Å². The van der Waals surface area contributed by atoms with E-state index < -0.39 is 11.6 Å². The van der Waals surface area contributed by atoms with E-state index in [0.29, 0.717) is 11.5 Å². The van der Waals surface area contributed by atoms with Crippen LogP contribution in [0.25, 0.3) is 11.1 Å². The van der Waals surface area contributed by atoms with Crippen molar-refractivity contribution in [3.05, 3.63) is 59.7 Å². The Labute approximate surface area is 164 Å². The van der Waals surface area contributed by atoms with E-state index in [-0.39, 0.29) is 12.5 Å². The second kappa shape index (κ2) is 9.26. The molecule has 2 aromatic rings. The number of amides is 1. The summed E-state index contributed by atoms with van der Waals surface area (Å²) in [6.45, 7) is 3.72. The van der Waals surface area contributed by atoms with E-state index in [1.54, 1.807) is 0 Å². The maximum atomic E-state index is 13.6. The first-order chi connectivity index (χ1) is 13.5. The van der Waals surface area contributed by atoms with Gasteiger partial charge in [0.05, 0.1) is 6.54 Å². The summed E-state index contributed by atoms with van der Waals surface area (Å²) >= 11 is 0. The lowest BCUT2D eigenvalue weighted by Gasteiger charge is -2.32. The molecule has 2 N–H and O–H groups in total. The maximum Gasteiger partial charge on any atom is 0.236 e. The van der Waals surface area contributed by atoms with Crippen LogP contribution in [0, 0.1) is 11.6 Å². The summed E-state index contributed by atoms with van der Waals surface area (Å²) in [6.07, 6.45) is 2.51. The van der Waals surface area contributed by atoms with Crippen molar-refractivity contribution in [3.8, 4) is 11.1 Å². The van der Waals surface area contributed by atoms with Crippen LogP contribution in [0.5, 0.6) is 0 Å². The molecule has 150 valence electrons. The van der Waals surface area contributed by atoms with Gasteiger partial charge in [-0.15, -0.1) is 0 Å². The van der Waals surface area contributed by atoms with Gasteiger partial charge in [-0.25, -0.2) is 8.78 Å². The highest BCUT2D eigenvalue weighted by molar-refractivity contribution is 5.78. The standard InChI is InChI=1S/C15H12F2.C7H15N3O/c16-13-7-8-14(15(17)9-13)12-5-3-11(4-6-12)10-1-2-10;1-9-2-4-10(5-3-9)7(11)6-8/h3-10H,1-2H2;2-6,8H2,1H3. The van der Waals surface area contributed by atoms with E-state index in [1.165, 1.54) is 30.5 Å². The molecule has 1 aliphatic carbocycles. The Bertz CT molecular complexity index is 798. The number of carbonyl (C=O) groups excluding carboxylic acids is 1. The lowest BCUT2D eigenvalue weighted by molar-refractivity contribution is -0.131. The number of nitrogens with zero attached hydrogens (tertiary/aromatic N) is 2. The van der Waals surface area contributed by atoms with Crippen LogP contribution in [0.4, 0.5) is 8.78 Å². The number of benzene rings is 2. The number of hydrogen-bond acceptors (Lipinski definition) is 3.